The molecule has 1 atom stereocenters. The van der Waals surface area contributed by atoms with E-state index in [0.29, 0.717) is 24.3 Å². The van der Waals surface area contributed by atoms with Crippen LogP contribution >= 0.6 is 0 Å². The summed E-state index contributed by atoms with van der Waals surface area (Å²) in [7, 11) is 0. The molecular weight excluding hydrogens is 359 g/mol. The van der Waals surface area contributed by atoms with Crippen molar-refractivity contribution in [2.75, 3.05) is 44.2 Å². The monoisotopic (exact) mass is 386 g/mol. The summed E-state index contributed by atoms with van der Waals surface area (Å²) in [6.07, 6.45) is -0.109. The number of aliphatic hydroxyl groups excluding tert-OH is 1. The summed E-state index contributed by atoms with van der Waals surface area (Å²) < 4.78 is 18.7. The minimum atomic E-state index is -0.589. The standard InChI is InChI=1S/C22H27FN2O3/c1-2-22(27)17-3-9-21(10-4-17)28-16-20(26)15-24-11-13-25(14-12-24)19-7-5-18(23)6-8-19/h3-10,20,26H,2,11-16H2,1H3/t20-/m0/s1. The van der Waals surface area contributed by atoms with Crippen LogP contribution in [-0.4, -0.2) is 61.2 Å². The van der Waals surface area contributed by atoms with E-state index in [1.54, 1.807) is 36.4 Å². The first-order valence-corrected chi connectivity index (χ1v) is 9.72. The molecule has 1 fully saturated rings. The Bertz CT molecular complexity index is 756. The molecule has 6 heteroatoms. The zero-order chi connectivity index (χ0) is 19.9. The van der Waals surface area contributed by atoms with Crippen molar-refractivity contribution < 1.29 is 19.0 Å². The number of halogens is 1. The lowest BCUT2D eigenvalue weighted by Gasteiger charge is -2.36. The van der Waals surface area contributed by atoms with Crippen molar-refractivity contribution >= 4 is 11.5 Å². The number of carbonyl (C=O) groups is 1. The van der Waals surface area contributed by atoms with Crippen molar-refractivity contribution in [3.63, 3.8) is 0 Å². The topological polar surface area (TPSA) is 53.0 Å². The van der Waals surface area contributed by atoms with Crippen molar-refractivity contribution in [2.45, 2.75) is 19.4 Å². The number of β-amino-alcohol motifs (C(OH)–C–C–N with tert-alkyl or cyclic N) is 1. The van der Waals surface area contributed by atoms with Gasteiger partial charge in [0.1, 0.15) is 24.3 Å². The van der Waals surface area contributed by atoms with E-state index in [0.717, 1.165) is 31.9 Å². The SMILES string of the molecule is CCC(=O)c1ccc(OC[C@@H](O)CN2CCN(c3ccc(F)cc3)CC2)cc1. The zero-order valence-electron chi connectivity index (χ0n) is 16.2. The van der Waals surface area contributed by atoms with E-state index in [1.807, 2.05) is 6.92 Å². The van der Waals surface area contributed by atoms with E-state index < -0.39 is 6.10 Å². The predicted octanol–water partition coefficient (Wildman–Crippen LogP) is 2.98. The Balaban J connectivity index is 1.40. The molecular formula is C22H27FN2O3. The number of piperazine rings is 1. The van der Waals surface area contributed by atoms with Gasteiger partial charge >= 0.3 is 0 Å². The van der Waals surface area contributed by atoms with Crippen LogP contribution in [0.15, 0.2) is 48.5 Å². The van der Waals surface area contributed by atoms with Crippen LogP contribution in [0.1, 0.15) is 23.7 Å². The molecule has 1 N–H and O–H groups in total. The van der Waals surface area contributed by atoms with Crippen LogP contribution < -0.4 is 9.64 Å². The summed E-state index contributed by atoms with van der Waals surface area (Å²) >= 11 is 0. The fourth-order valence-electron chi connectivity index (χ4n) is 3.32. The second-order valence-electron chi connectivity index (χ2n) is 7.03. The normalized spacial score (nSPS) is 16.0. The first-order chi connectivity index (χ1) is 13.5. The summed E-state index contributed by atoms with van der Waals surface area (Å²) in [6.45, 7) is 5.94. The number of aliphatic hydroxyl groups is 1. The first kappa shape index (κ1) is 20.3. The van der Waals surface area contributed by atoms with Gasteiger partial charge < -0.3 is 14.7 Å². The number of ketones is 1. The molecule has 0 aliphatic carbocycles. The third-order valence-corrected chi connectivity index (χ3v) is 4.97. The Morgan fingerprint density at radius 1 is 1.07 bits per heavy atom. The number of anilines is 1. The first-order valence-electron chi connectivity index (χ1n) is 9.72. The van der Waals surface area contributed by atoms with Gasteiger partial charge in [0.2, 0.25) is 0 Å². The molecule has 0 spiro atoms. The van der Waals surface area contributed by atoms with E-state index >= 15 is 0 Å². The molecule has 0 unspecified atom stereocenters. The second-order valence-corrected chi connectivity index (χ2v) is 7.03. The van der Waals surface area contributed by atoms with E-state index in [1.165, 1.54) is 12.1 Å². The van der Waals surface area contributed by atoms with E-state index in [-0.39, 0.29) is 18.2 Å². The molecule has 5 nitrogen and oxygen atoms in total. The highest BCUT2D eigenvalue weighted by Gasteiger charge is 2.20. The Morgan fingerprint density at radius 2 is 1.71 bits per heavy atom. The van der Waals surface area contributed by atoms with E-state index in [4.69, 9.17) is 4.74 Å². The molecule has 1 aliphatic heterocycles. The molecule has 1 aliphatic rings. The quantitative estimate of drug-likeness (QED) is 0.707. The van der Waals surface area contributed by atoms with Gasteiger partial charge in [0.25, 0.3) is 0 Å². The summed E-state index contributed by atoms with van der Waals surface area (Å²) in [6, 6.07) is 13.6. The van der Waals surface area contributed by atoms with Crippen molar-refractivity contribution in [2.24, 2.45) is 0 Å². The Morgan fingerprint density at radius 3 is 2.32 bits per heavy atom. The molecule has 1 heterocycles. The Labute approximate surface area is 165 Å². The maximum absolute atomic E-state index is 13.0. The van der Waals surface area contributed by atoms with Crippen molar-refractivity contribution in [3.8, 4) is 5.75 Å². The number of rotatable bonds is 8. The lowest BCUT2D eigenvalue weighted by atomic mass is 10.1. The van der Waals surface area contributed by atoms with Crippen LogP contribution in [0.5, 0.6) is 5.75 Å². The lowest BCUT2D eigenvalue weighted by molar-refractivity contribution is 0.0663. The van der Waals surface area contributed by atoms with Crippen LogP contribution in [0.25, 0.3) is 0 Å². The molecule has 28 heavy (non-hydrogen) atoms. The molecule has 0 aromatic heterocycles. The van der Waals surface area contributed by atoms with Gasteiger partial charge in [0.15, 0.2) is 5.78 Å². The highest BCUT2D eigenvalue weighted by Crippen LogP contribution is 2.17. The predicted molar refractivity (Wildman–Crippen MR) is 108 cm³/mol. The summed E-state index contributed by atoms with van der Waals surface area (Å²) in [4.78, 5) is 16.1. The highest BCUT2D eigenvalue weighted by atomic mass is 19.1. The number of hydrogen-bond acceptors (Lipinski definition) is 5. The number of Topliss-reactive ketones (excluding diaryl/α,β-unsaturated/α-hetero) is 1. The molecule has 2 aromatic rings. The highest BCUT2D eigenvalue weighted by molar-refractivity contribution is 5.95. The van der Waals surface area contributed by atoms with Gasteiger partial charge in [-0.3, -0.25) is 9.69 Å². The number of hydrogen-bond donors (Lipinski definition) is 1. The van der Waals surface area contributed by atoms with Gasteiger partial charge in [-0.15, -0.1) is 0 Å². The fourth-order valence-corrected chi connectivity index (χ4v) is 3.32. The minimum Gasteiger partial charge on any atom is -0.491 e. The van der Waals surface area contributed by atoms with Crippen molar-refractivity contribution in [1.29, 1.82) is 0 Å². The van der Waals surface area contributed by atoms with Gasteiger partial charge in [0.05, 0.1) is 0 Å². The molecule has 150 valence electrons. The average molecular weight is 386 g/mol. The maximum Gasteiger partial charge on any atom is 0.162 e. The molecule has 1 saturated heterocycles. The van der Waals surface area contributed by atoms with Crippen LogP contribution in [0.3, 0.4) is 0 Å². The van der Waals surface area contributed by atoms with Gasteiger partial charge in [0, 0.05) is 50.4 Å². The van der Waals surface area contributed by atoms with Crippen LogP contribution in [-0.2, 0) is 0 Å². The number of nitrogens with zero attached hydrogens (tertiary/aromatic N) is 2. The van der Waals surface area contributed by atoms with Crippen LogP contribution in [0.2, 0.25) is 0 Å². The van der Waals surface area contributed by atoms with E-state index in [9.17, 15) is 14.3 Å². The third-order valence-electron chi connectivity index (χ3n) is 4.97. The van der Waals surface area contributed by atoms with Crippen LogP contribution in [0.4, 0.5) is 10.1 Å². The molecule has 0 radical (unpaired) electrons. The maximum atomic E-state index is 13.0. The molecule has 0 amide bonds. The van der Waals surface area contributed by atoms with Gasteiger partial charge in [-0.2, -0.15) is 0 Å². The number of ether oxygens (including phenoxy) is 1. The van der Waals surface area contributed by atoms with Gasteiger partial charge in [-0.25, -0.2) is 4.39 Å². The summed E-state index contributed by atoms with van der Waals surface area (Å²) in [5.74, 6) is 0.524. The average Bonchev–Trinajstić information content (AvgIpc) is 2.73. The van der Waals surface area contributed by atoms with Gasteiger partial charge in [-0.05, 0) is 48.5 Å². The number of benzene rings is 2. The molecule has 2 aromatic carbocycles. The zero-order valence-corrected chi connectivity index (χ0v) is 16.2. The smallest absolute Gasteiger partial charge is 0.162 e. The molecule has 3 rings (SSSR count). The summed E-state index contributed by atoms with van der Waals surface area (Å²) in [5, 5.41) is 10.3. The second kappa shape index (κ2) is 9.66. The fraction of sp³-hybridized carbons (Fsp3) is 0.409. The summed E-state index contributed by atoms with van der Waals surface area (Å²) in [5.41, 5.74) is 1.70. The number of carbonyl (C=O) groups excluding carboxylic acids is 1. The largest absolute Gasteiger partial charge is 0.491 e. The molecule has 0 saturated carbocycles. The van der Waals surface area contributed by atoms with Crippen molar-refractivity contribution in [3.05, 3.63) is 59.9 Å². The van der Waals surface area contributed by atoms with Crippen LogP contribution in [0, 0.1) is 5.82 Å². The molecule has 0 bridgehead atoms. The Hall–Kier alpha value is -2.44. The lowest BCUT2D eigenvalue weighted by Crippen LogP contribution is -2.49. The minimum absolute atomic E-state index is 0.103. The third kappa shape index (κ3) is 5.53. The van der Waals surface area contributed by atoms with Gasteiger partial charge in [-0.1, -0.05) is 6.92 Å². The Kier molecular flexibility index (Phi) is 7.01. The van der Waals surface area contributed by atoms with E-state index in [2.05, 4.69) is 9.80 Å². The van der Waals surface area contributed by atoms with Crippen molar-refractivity contribution in [1.82, 2.24) is 4.90 Å².